The van der Waals surface area contributed by atoms with E-state index in [1.807, 2.05) is 0 Å². The van der Waals surface area contributed by atoms with Crippen molar-refractivity contribution < 1.29 is 4.79 Å². The normalized spacial score (nSPS) is 9.81. The number of hydrazine groups is 1. The van der Waals surface area contributed by atoms with Crippen molar-refractivity contribution in [2.24, 2.45) is 5.84 Å². The number of nitrogens with zero attached hydrogens (tertiary/aromatic N) is 2. The second-order valence-electron chi connectivity index (χ2n) is 2.96. The number of nitrogen functional groups attached to an aromatic ring is 1. The second-order valence-corrected chi connectivity index (χ2v) is 3.74. The molecule has 0 fully saturated rings. The first-order valence-electron chi connectivity index (χ1n) is 4.45. The Morgan fingerprint density at radius 3 is 2.62 bits per heavy atom. The van der Waals surface area contributed by atoms with Crippen LogP contribution in [-0.4, -0.2) is 15.5 Å². The number of benzene rings is 1. The Kier molecular flexibility index (Phi) is 3.08. The van der Waals surface area contributed by atoms with Gasteiger partial charge in [-0.15, -0.1) is 5.10 Å². The van der Waals surface area contributed by atoms with Gasteiger partial charge in [-0.1, -0.05) is 4.49 Å². The number of nitrogens with two attached hydrogens (primary N) is 1. The molecular weight excluding hydrogens is 226 g/mol. The summed E-state index contributed by atoms with van der Waals surface area (Å²) in [6.45, 7) is 0. The molecule has 16 heavy (non-hydrogen) atoms. The van der Waals surface area contributed by atoms with Gasteiger partial charge in [0.25, 0.3) is 5.91 Å². The molecule has 0 saturated carbocycles. The highest BCUT2D eigenvalue weighted by Gasteiger charge is 2.06. The predicted molar refractivity (Wildman–Crippen MR) is 62.1 cm³/mol. The highest BCUT2D eigenvalue weighted by atomic mass is 32.1. The quantitative estimate of drug-likeness (QED) is 0.546. The lowest BCUT2D eigenvalue weighted by Gasteiger charge is -2.03. The van der Waals surface area contributed by atoms with Crippen LogP contribution in [0.5, 0.6) is 0 Å². The summed E-state index contributed by atoms with van der Waals surface area (Å²) in [5.41, 5.74) is 3.78. The first kappa shape index (κ1) is 10.5. The zero-order chi connectivity index (χ0) is 11.4. The molecule has 1 amide bonds. The summed E-state index contributed by atoms with van der Waals surface area (Å²) in [4.78, 5) is 11.7. The standard InChI is InChI=1S/C9H9N5OS/c10-13-7-3-1-6(2-4-7)9(15)12-8-5-11-14-16-8/h1-5,13H,10H2,(H,12,15). The number of aromatic nitrogens is 2. The van der Waals surface area contributed by atoms with Gasteiger partial charge in [-0.2, -0.15) is 0 Å². The van der Waals surface area contributed by atoms with Crippen molar-refractivity contribution in [3.05, 3.63) is 36.0 Å². The van der Waals surface area contributed by atoms with Crippen molar-refractivity contribution in [3.8, 4) is 0 Å². The topological polar surface area (TPSA) is 92.9 Å². The molecule has 2 aromatic rings. The first-order chi connectivity index (χ1) is 7.79. The van der Waals surface area contributed by atoms with Crippen LogP contribution in [0.25, 0.3) is 0 Å². The molecule has 0 aliphatic rings. The van der Waals surface area contributed by atoms with Crippen LogP contribution in [0.1, 0.15) is 10.4 Å². The van der Waals surface area contributed by atoms with Gasteiger partial charge < -0.3 is 10.7 Å². The Bertz CT molecular complexity index is 467. The number of rotatable bonds is 3. The lowest BCUT2D eigenvalue weighted by Crippen LogP contribution is -2.11. The van der Waals surface area contributed by atoms with E-state index < -0.39 is 0 Å². The summed E-state index contributed by atoms with van der Waals surface area (Å²) in [6.07, 6.45) is 1.50. The maximum atomic E-state index is 11.7. The summed E-state index contributed by atoms with van der Waals surface area (Å²) in [7, 11) is 0. The second kappa shape index (κ2) is 4.69. The molecule has 4 N–H and O–H groups in total. The minimum atomic E-state index is -0.199. The van der Waals surface area contributed by atoms with Gasteiger partial charge in [0.1, 0.15) is 5.00 Å². The molecule has 0 bridgehead atoms. The molecule has 0 aliphatic carbocycles. The molecule has 0 spiro atoms. The van der Waals surface area contributed by atoms with E-state index >= 15 is 0 Å². The van der Waals surface area contributed by atoms with E-state index in [2.05, 4.69) is 20.3 Å². The predicted octanol–water partition coefficient (Wildman–Crippen LogP) is 1.08. The molecule has 2 rings (SSSR count). The van der Waals surface area contributed by atoms with E-state index in [1.54, 1.807) is 24.3 Å². The lowest BCUT2D eigenvalue weighted by atomic mass is 10.2. The Balaban J connectivity index is 2.09. The van der Waals surface area contributed by atoms with Crippen molar-refractivity contribution in [1.82, 2.24) is 9.59 Å². The van der Waals surface area contributed by atoms with Gasteiger partial charge in [-0.3, -0.25) is 10.6 Å². The fraction of sp³-hybridized carbons (Fsp3) is 0. The summed E-state index contributed by atoms with van der Waals surface area (Å²) in [5.74, 6) is 5.02. The largest absolute Gasteiger partial charge is 0.324 e. The average Bonchev–Trinajstić information content (AvgIpc) is 2.82. The van der Waals surface area contributed by atoms with Gasteiger partial charge in [0.05, 0.1) is 6.20 Å². The van der Waals surface area contributed by atoms with Crippen LogP contribution in [0.15, 0.2) is 30.5 Å². The third kappa shape index (κ3) is 2.33. The van der Waals surface area contributed by atoms with E-state index in [0.717, 1.165) is 17.2 Å². The number of nitrogens with one attached hydrogen (secondary N) is 2. The Morgan fingerprint density at radius 2 is 2.06 bits per heavy atom. The van der Waals surface area contributed by atoms with Gasteiger partial charge >= 0.3 is 0 Å². The summed E-state index contributed by atoms with van der Waals surface area (Å²) < 4.78 is 3.65. The Labute approximate surface area is 95.6 Å². The van der Waals surface area contributed by atoms with Gasteiger partial charge in [0, 0.05) is 22.8 Å². The third-order valence-electron chi connectivity index (χ3n) is 1.91. The van der Waals surface area contributed by atoms with Gasteiger partial charge in [-0.05, 0) is 24.3 Å². The monoisotopic (exact) mass is 235 g/mol. The fourth-order valence-corrected chi connectivity index (χ4v) is 1.54. The van der Waals surface area contributed by atoms with Gasteiger partial charge in [0.15, 0.2) is 0 Å². The molecule has 0 atom stereocenters. The van der Waals surface area contributed by atoms with E-state index in [-0.39, 0.29) is 5.91 Å². The highest BCUT2D eigenvalue weighted by Crippen LogP contribution is 2.13. The Hall–Kier alpha value is -1.99. The van der Waals surface area contributed by atoms with Crippen molar-refractivity contribution in [3.63, 3.8) is 0 Å². The maximum Gasteiger partial charge on any atom is 0.256 e. The van der Waals surface area contributed by atoms with Crippen molar-refractivity contribution in [1.29, 1.82) is 0 Å². The van der Waals surface area contributed by atoms with E-state index in [1.165, 1.54) is 6.20 Å². The van der Waals surface area contributed by atoms with Crippen LogP contribution in [0.3, 0.4) is 0 Å². The van der Waals surface area contributed by atoms with Gasteiger partial charge in [-0.25, -0.2) is 0 Å². The van der Waals surface area contributed by atoms with Gasteiger partial charge in [0.2, 0.25) is 0 Å². The van der Waals surface area contributed by atoms with Crippen LogP contribution in [0.2, 0.25) is 0 Å². The molecule has 82 valence electrons. The zero-order valence-corrected chi connectivity index (χ0v) is 8.99. The number of hydrogen-bond donors (Lipinski definition) is 3. The molecule has 0 radical (unpaired) electrons. The molecule has 0 unspecified atom stereocenters. The number of hydrogen-bond acceptors (Lipinski definition) is 6. The minimum absolute atomic E-state index is 0.199. The zero-order valence-electron chi connectivity index (χ0n) is 8.18. The number of amides is 1. The lowest BCUT2D eigenvalue weighted by molar-refractivity contribution is 0.102. The van der Waals surface area contributed by atoms with Crippen LogP contribution in [-0.2, 0) is 0 Å². The highest BCUT2D eigenvalue weighted by molar-refractivity contribution is 7.10. The smallest absolute Gasteiger partial charge is 0.256 e. The number of anilines is 2. The summed E-state index contributed by atoms with van der Waals surface area (Å²) in [6, 6.07) is 6.80. The fourth-order valence-electron chi connectivity index (χ4n) is 1.12. The third-order valence-corrected chi connectivity index (χ3v) is 2.49. The van der Waals surface area contributed by atoms with Crippen LogP contribution in [0.4, 0.5) is 10.7 Å². The van der Waals surface area contributed by atoms with Crippen LogP contribution in [0, 0.1) is 0 Å². The summed E-state index contributed by atoms with van der Waals surface area (Å²) >= 11 is 1.13. The first-order valence-corrected chi connectivity index (χ1v) is 5.22. The molecule has 0 aliphatic heterocycles. The van der Waals surface area contributed by atoms with E-state index in [4.69, 9.17) is 5.84 Å². The van der Waals surface area contributed by atoms with Crippen LogP contribution < -0.4 is 16.6 Å². The van der Waals surface area contributed by atoms with Crippen molar-refractivity contribution in [2.75, 3.05) is 10.7 Å². The van der Waals surface area contributed by atoms with Crippen LogP contribution >= 0.6 is 11.5 Å². The molecule has 0 saturated heterocycles. The molecule has 1 heterocycles. The van der Waals surface area contributed by atoms with Crippen molar-refractivity contribution in [2.45, 2.75) is 0 Å². The molecule has 1 aromatic heterocycles. The molecule has 1 aromatic carbocycles. The average molecular weight is 235 g/mol. The number of carbonyl (C=O) groups is 1. The van der Waals surface area contributed by atoms with E-state index in [9.17, 15) is 4.79 Å². The Morgan fingerprint density at radius 1 is 1.31 bits per heavy atom. The molecule has 6 nitrogen and oxygen atoms in total. The van der Waals surface area contributed by atoms with Crippen molar-refractivity contribution >= 4 is 28.1 Å². The molecular formula is C9H9N5OS. The summed E-state index contributed by atoms with van der Waals surface area (Å²) in [5, 5.41) is 6.92. The van der Waals surface area contributed by atoms with E-state index in [0.29, 0.717) is 10.6 Å². The SMILES string of the molecule is NNc1ccc(C(=O)Nc2cnns2)cc1. The maximum absolute atomic E-state index is 11.7. The molecule has 7 heteroatoms. The minimum Gasteiger partial charge on any atom is -0.324 e. The number of carbonyl (C=O) groups excluding carboxylic acids is 1.